The lowest BCUT2D eigenvalue weighted by Gasteiger charge is -2.48. The zero-order valence-electron chi connectivity index (χ0n) is 14.6. The van der Waals surface area contributed by atoms with Crippen molar-refractivity contribution in [3.05, 3.63) is 70.0 Å². The summed E-state index contributed by atoms with van der Waals surface area (Å²) in [4.78, 5) is 2.37. The molecule has 0 saturated carbocycles. The number of likely N-dealkylation sites (tertiary alicyclic amines) is 1. The van der Waals surface area contributed by atoms with Crippen LogP contribution < -0.4 is 0 Å². The fraction of sp³-hybridized carbons (Fsp3) is 0.364. The predicted molar refractivity (Wildman–Crippen MR) is 96.8 cm³/mol. The van der Waals surface area contributed by atoms with Crippen molar-refractivity contribution in [3.63, 3.8) is 0 Å². The molecule has 128 valence electrons. The molecule has 1 saturated heterocycles. The Labute approximate surface area is 148 Å². The highest BCUT2D eigenvalue weighted by Gasteiger charge is 2.42. The topological polar surface area (TPSA) is 23.5 Å². The van der Waals surface area contributed by atoms with E-state index >= 15 is 0 Å². The molecule has 25 heavy (non-hydrogen) atoms. The lowest BCUT2D eigenvalue weighted by molar-refractivity contribution is -0.103. The first kappa shape index (κ1) is 16.3. The van der Waals surface area contributed by atoms with E-state index in [9.17, 15) is 9.50 Å². The Hall–Kier alpha value is -2.15. The summed E-state index contributed by atoms with van der Waals surface area (Å²) in [5, 5.41) is 10.0. The van der Waals surface area contributed by atoms with Crippen LogP contribution in [0.4, 0.5) is 4.39 Å². The molecule has 0 amide bonds. The van der Waals surface area contributed by atoms with Gasteiger partial charge in [-0.15, -0.1) is 0 Å². The van der Waals surface area contributed by atoms with Crippen LogP contribution in [0.1, 0.15) is 47.2 Å². The van der Waals surface area contributed by atoms with E-state index in [-0.39, 0.29) is 5.82 Å². The van der Waals surface area contributed by atoms with Gasteiger partial charge in [-0.2, -0.15) is 0 Å². The van der Waals surface area contributed by atoms with Crippen molar-refractivity contribution in [2.45, 2.75) is 38.3 Å². The third-order valence-electron chi connectivity index (χ3n) is 5.20. The van der Waals surface area contributed by atoms with Crippen LogP contribution in [0.5, 0.6) is 0 Å². The van der Waals surface area contributed by atoms with Gasteiger partial charge in [0.25, 0.3) is 0 Å². The highest BCUT2D eigenvalue weighted by atomic mass is 19.1. The summed E-state index contributed by atoms with van der Waals surface area (Å²) < 4.78 is 13.3. The van der Waals surface area contributed by atoms with Crippen LogP contribution in [0.2, 0.25) is 0 Å². The van der Waals surface area contributed by atoms with Crippen LogP contribution in [0.25, 0.3) is 0 Å². The Bertz CT molecular complexity index is 883. The van der Waals surface area contributed by atoms with E-state index < -0.39 is 5.60 Å². The monoisotopic (exact) mass is 335 g/mol. The van der Waals surface area contributed by atoms with Crippen molar-refractivity contribution in [2.24, 2.45) is 0 Å². The molecular weight excluding hydrogens is 313 g/mol. The number of benzene rings is 2. The van der Waals surface area contributed by atoms with E-state index in [1.165, 1.54) is 28.8 Å². The second kappa shape index (κ2) is 5.98. The second-order valence-electron chi connectivity index (χ2n) is 7.58. The van der Waals surface area contributed by atoms with Crippen molar-refractivity contribution in [3.8, 4) is 11.8 Å². The largest absolute Gasteiger partial charge is 0.388 e. The molecule has 2 aromatic carbocycles. The first-order chi connectivity index (χ1) is 11.9. The summed E-state index contributed by atoms with van der Waals surface area (Å²) in [7, 11) is 0. The number of hydrogen-bond acceptors (Lipinski definition) is 2. The first-order valence-corrected chi connectivity index (χ1v) is 8.79. The van der Waals surface area contributed by atoms with E-state index in [0.717, 1.165) is 31.5 Å². The highest BCUT2D eigenvalue weighted by Crippen LogP contribution is 2.42. The summed E-state index contributed by atoms with van der Waals surface area (Å²) in [6.07, 6.45) is 2.15. The first-order valence-electron chi connectivity index (χ1n) is 8.79. The van der Waals surface area contributed by atoms with E-state index in [4.69, 9.17) is 0 Å². The molecule has 1 fully saturated rings. The molecule has 1 aliphatic carbocycles. The molecule has 3 heteroatoms. The van der Waals surface area contributed by atoms with Gasteiger partial charge in [-0.25, -0.2) is 4.39 Å². The number of rotatable bonds is 1. The molecule has 1 unspecified atom stereocenters. The summed E-state index contributed by atoms with van der Waals surface area (Å²) in [5.41, 5.74) is 5.17. The van der Waals surface area contributed by atoms with Gasteiger partial charge in [0.1, 0.15) is 5.82 Å². The number of aliphatic hydroxyl groups is 1. The normalized spacial score (nSPS) is 21.2. The van der Waals surface area contributed by atoms with E-state index in [0.29, 0.717) is 11.6 Å². The van der Waals surface area contributed by atoms with E-state index in [1.54, 1.807) is 6.07 Å². The van der Waals surface area contributed by atoms with Gasteiger partial charge in [0.2, 0.25) is 0 Å². The number of hydrogen-bond donors (Lipinski definition) is 1. The Balaban J connectivity index is 1.59. The van der Waals surface area contributed by atoms with Crippen LogP contribution in [0, 0.1) is 24.6 Å². The molecule has 1 atom stereocenters. The highest BCUT2D eigenvalue weighted by molar-refractivity contribution is 5.51. The van der Waals surface area contributed by atoms with Gasteiger partial charge in [0, 0.05) is 30.3 Å². The molecule has 2 nitrogen and oxygen atoms in total. The van der Waals surface area contributed by atoms with Crippen LogP contribution in [-0.2, 0) is 6.42 Å². The quantitative estimate of drug-likeness (QED) is 0.805. The van der Waals surface area contributed by atoms with Crippen LogP contribution in [0.15, 0.2) is 36.4 Å². The number of nitrogens with zero attached hydrogens (tertiary/aromatic N) is 1. The molecule has 1 N–H and O–H groups in total. The zero-order valence-corrected chi connectivity index (χ0v) is 14.6. The predicted octanol–water partition coefficient (Wildman–Crippen LogP) is 3.59. The molecule has 2 aromatic rings. The summed E-state index contributed by atoms with van der Waals surface area (Å²) in [6, 6.07) is 11.1. The maximum Gasteiger partial charge on any atom is 0.124 e. The fourth-order valence-electron chi connectivity index (χ4n) is 4.19. The lowest BCUT2D eigenvalue weighted by atomic mass is 9.91. The van der Waals surface area contributed by atoms with Crippen molar-refractivity contribution < 1.29 is 9.50 Å². The molecule has 2 aliphatic rings. The van der Waals surface area contributed by atoms with Crippen LogP contribution in [-0.4, -0.2) is 28.7 Å². The van der Waals surface area contributed by atoms with E-state index in [1.807, 2.05) is 13.0 Å². The Morgan fingerprint density at radius 2 is 1.92 bits per heavy atom. The van der Waals surface area contributed by atoms with Gasteiger partial charge in [-0.1, -0.05) is 17.9 Å². The minimum atomic E-state index is -0.535. The minimum Gasteiger partial charge on any atom is -0.388 e. The van der Waals surface area contributed by atoms with Gasteiger partial charge in [-0.3, -0.25) is 4.90 Å². The molecule has 0 spiro atoms. The number of aryl methyl sites for hydroxylation is 2. The van der Waals surface area contributed by atoms with Crippen LogP contribution in [0.3, 0.4) is 0 Å². The lowest BCUT2D eigenvalue weighted by Crippen LogP contribution is -2.60. The third kappa shape index (κ3) is 3.20. The molecule has 1 heterocycles. The van der Waals surface area contributed by atoms with Crippen molar-refractivity contribution in [1.29, 1.82) is 0 Å². The number of halogens is 1. The number of β-amino-alcohol motifs (C(OH)–C–C–N with tert-alkyl or cyclic N) is 1. The summed E-state index contributed by atoms with van der Waals surface area (Å²) in [5.74, 6) is 5.97. The minimum absolute atomic E-state index is 0.259. The van der Waals surface area contributed by atoms with E-state index in [2.05, 4.69) is 35.8 Å². The van der Waals surface area contributed by atoms with Crippen LogP contribution >= 0.6 is 0 Å². The summed E-state index contributed by atoms with van der Waals surface area (Å²) in [6.45, 7) is 5.54. The second-order valence-corrected chi connectivity index (χ2v) is 7.58. The summed E-state index contributed by atoms with van der Waals surface area (Å²) >= 11 is 0. The van der Waals surface area contributed by atoms with Gasteiger partial charge < -0.3 is 5.11 Å². The van der Waals surface area contributed by atoms with Gasteiger partial charge in [0.15, 0.2) is 0 Å². The average molecular weight is 335 g/mol. The van der Waals surface area contributed by atoms with Gasteiger partial charge in [0.05, 0.1) is 5.60 Å². The molecule has 4 rings (SSSR count). The Morgan fingerprint density at radius 3 is 2.64 bits per heavy atom. The van der Waals surface area contributed by atoms with Gasteiger partial charge in [-0.05, 0) is 73.7 Å². The van der Waals surface area contributed by atoms with Gasteiger partial charge >= 0.3 is 0 Å². The Morgan fingerprint density at radius 1 is 1.16 bits per heavy atom. The van der Waals surface area contributed by atoms with Crippen molar-refractivity contribution >= 4 is 0 Å². The molecule has 0 radical (unpaired) electrons. The Kier molecular flexibility index (Phi) is 3.91. The maximum atomic E-state index is 13.3. The molecule has 0 bridgehead atoms. The standard InChI is InChI=1S/C22H22FNO/c1-15-10-17(7-6-16-4-3-5-19(23)12-16)11-18-8-9-20(21(15)18)24-13-22(2,25)14-24/h3-5,10-12,20,25H,8-9,13-14H2,1-2H3. The molecular formula is C22H22FNO. The van der Waals surface area contributed by atoms with Crippen molar-refractivity contribution in [1.82, 2.24) is 4.90 Å². The smallest absolute Gasteiger partial charge is 0.124 e. The van der Waals surface area contributed by atoms with Crippen molar-refractivity contribution in [2.75, 3.05) is 13.1 Å². The molecule has 1 aliphatic heterocycles. The average Bonchev–Trinajstić information content (AvgIpc) is 2.95. The third-order valence-corrected chi connectivity index (χ3v) is 5.20. The molecule has 0 aromatic heterocycles. The number of fused-ring (bicyclic) bond motifs is 1. The SMILES string of the molecule is Cc1cc(C#Cc2cccc(F)c2)cc2c1C(N1CC(C)(O)C1)CC2. The fourth-order valence-corrected chi connectivity index (χ4v) is 4.19. The zero-order chi connectivity index (χ0) is 17.6. The maximum absolute atomic E-state index is 13.3.